The zero-order valence-electron chi connectivity index (χ0n) is 13.7. The maximum absolute atomic E-state index is 12.7. The van der Waals surface area contributed by atoms with E-state index in [1.165, 1.54) is 4.68 Å². The molecule has 1 aliphatic rings. The van der Waals surface area contributed by atoms with Crippen molar-refractivity contribution in [1.82, 2.24) is 25.2 Å². The molecule has 4 N–H and O–H groups in total. The van der Waals surface area contributed by atoms with E-state index in [2.05, 4.69) is 15.6 Å². The first kappa shape index (κ1) is 18.7. The molecular formula is C14H24N6O3S. The summed E-state index contributed by atoms with van der Waals surface area (Å²) < 4.78 is 1.34. The Labute approximate surface area is 144 Å². The van der Waals surface area contributed by atoms with Crippen molar-refractivity contribution >= 4 is 23.6 Å². The van der Waals surface area contributed by atoms with Gasteiger partial charge in [0.25, 0.3) is 0 Å². The van der Waals surface area contributed by atoms with E-state index in [-0.39, 0.29) is 18.4 Å². The number of thioether (sulfide) groups is 1. The Hall–Kier alpha value is -1.65. The summed E-state index contributed by atoms with van der Waals surface area (Å²) in [5.74, 6) is -0.396. The van der Waals surface area contributed by atoms with Crippen molar-refractivity contribution in [2.24, 2.45) is 5.73 Å². The minimum absolute atomic E-state index is 0.243. The van der Waals surface area contributed by atoms with Crippen LogP contribution in [0.25, 0.3) is 0 Å². The van der Waals surface area contributed by atoms with Crippen LogP contribution in [0, 0.1) is 0 Å². The van der Waals surface area contributed by atoms with Gasteiger partial charge in [0.15, 0.2) is 0 Å². The molecule has 0 aromatic carbocycles. The van der Waals surface area contributed by atoms with Crippen LogP contribution in [0.3, 0.4) is 0 Å². The van der Waals surface area contributed by atoms with Crippen LogP contribution in [-0.4, -0.2) is 75.1 Å². The minimum atomic E-state index is -1.05. The molecule has 1 aliphatic heterocycles. The second kappa shape index (κ2) is 9.00. The number of hydrogen-bond donors (Lipinski definition) is 3. The number of carboxylic acids is 1. The van der Waals surface area contributed by atoms with Gasteiger partial charge in [-0.15, -0.1) is 5.10 Å². The molecule has 9 nitrogen and oxygen atoms in total. The molecule has 0 radical (unpaired) electrons. The molecule has 0 bridgehead atoms. The monoisotopic (exact) mass is 356 g/mol. The zero-order chi connectivity index (χ0) is 17.5. The highest BCUT2D eigenvalue weighted by atomic mass is 32.2. The fraction of sp³-hybridized carbons (Fsp3) is 0.714. The van der Waals surface area contributed by atoms with Gasteiger partial charge < -0.3 is 21.1 Å². The zero-order valence-corrected chi connectivity index (χ0v) is 14.5. The van der Waals surface area contributed by atoms with E-state index < -0.39 is 12.0 Å². The maximum Gasteiger partial charge on any atom is 0.306 e. The van der Waals surface area contributed by atoms with Crippen molar-refractivity contribution in [3.05, 3.63) is 11.9 Å². The Morgan fingerprint density at radius 3 is 2.79 bits per heavy atom. The van der Waals surface area contributed by atoms with Crippen molar-refractivity contribution in [3.8, 4) is 0 Å². The third-order valence-electron chi connectivity index (χ3n) is 3.94. The number of carbonyl (C=O) groups excluding carboxylic acids is 1. The molecule has 0 unspecified atom stereocenters. The molecule has 0 spiro atoms. The third kappa shape index (κ3) is 4.92. The molecule has 2 rings (SSSR count). The lowest BCUT2D eigenvalue weighted by atomic mass is 10.1. The first-order valence-corrected chi connectivity index (χ1v) is 9.30. The number of nitrogens with one attached hydrogen (secondary N) is 1. The number of nitrogens with two attached hydrogens (primary N) is 1. The fourth-order valence-electron chi connectivity index (χ4n) is 2.56. The summed E-state index contributed by atoms with van der Waals surface area (Å²) >= 11 is 1.69. The predicted molar refractivity (Wildman–Crippen MR) is 90.7 cm³/mol. The van der Waals surface area contributed by atoms with Crippen LogP contribution in [0.4, 0.5) is 0 Å². The number of rotatable bonds is 8. The van der Waals surface area contributed by atoms with E-state index >= 15 is 0 Å². The van der Waals surface area contributed by atoms with E-state index in [1.807, 2.05) is 6.26 Å². The first-order chi connectivity index (χ1) is 11.5. The van der Waals surface area contributed by atoms with Gasteiger partial charge in [-0.1, -0.05) is 5.21 Å². The molecule has 1 saturated heterocycles. The molecule has 24 heavy (non-hydrogen) atoms. The highest BCUT2D eigenvalue weighted by Gasteiger charge is 2.30. The van der Waals surface area contributed by atoms with Crippen LogP contribution in [0.1, 0.15) is 30.6 Å². The van der Waals surface area contributed by atoms with Gasteiger partial charge in [-0.25, -0.2) is 4.68 Å². The molecule has 1 fully saturated rings. The van der Waals surface area contributed by atoms with Gasteiger partial charge >= 0.3 is 5.97 Å². The lowest BCUT2D eigenvalue weighted by molar-refractivity contribution is -0.144. The van der Waals surface area contributed by atoms with Gasteiger partial charge in [0, 0.05) is 26.2 Å². The van der Waals surface area contributed by atoms with Crippen molar-refractivity contribution in [2.45, 2.75) is 24.9 Å². The molecular weight excluding hydrogens is 332 g/mol. The van der Waals surface area contributed by atoms with Gasteiger partial charge in [0.2, 0.25) is 5.91 Å². The molecule has 2 atom stereocenters. The van der Waals surface area contributed by atoms with Crippen LogP contribution in [0.5, 0.6) is 0 Å². The largest absolute Gasteiger partial charge is 0.481 e. The van der Waals surface area contributed by atoms with E-state index in [4.69, 9.17) is 10.8 Å². The number of aliphatic carboxylic acids is 1. The normalized spacial score (nSPS) is 17.5. The van der Waals surface area contributed by atoms with Gasteiger partial charge in [-0.3, -0.25) is 9.59 Å². The molecule has 1 aromatic heterocycles. The number of amides is 1. The Morgan fingerprint density at radius 2 is 2.17 bits per heavy atom. The number of piperazine rings is 1. The first-order valence-electron chi connectivity index (χ1n) is 7.90. The van der Waals surface area contributed by atoms with Gasteiger partial charge in [0.1, 0.15) is 6.04 Å². The summed E-state index contributed by atoms with van der Waals surface area (Å²) in [6.07, 6.45) is 4.01. The maximum atomic E-state index is 12.7. The summed E-state index contributed by atoms with van der Waals surface area (Å²) in [7, 11) is 0. The smallest absolute Gasteiger partial charge is 0.306 e. The Morgan fingerprint density at radius 1 is 1.46 bits per heavy atom. The molecule has 1 amide bonds. The summed E-state index contributed by atoms with van der Waals surface area (Å²) in [5.41, 5.74) is 6.64. The SMILES string of the molecule is CSCC[C@H](N)c1cn([C@@H](CC(=O)O)C(=O)N2CCNCC2)nn1. The van der Waals surface area contributed by atoms with Gasteiger partial charge in [-0.2, -0.15) is 11.8 Å². The second-order valence-electron chi connectivity index (χ2n) is 5.70. The Kier molecular flexibility index (Phi) is 7.00. The third-order valence-corrected chi connectivity index (χ3v) is 4.59. The summed E-state index contributed by atoms with van der Waals surface area (Å²) in [6, 6.07) is -1.17. The van der Waals surface area contributed by atoms with Crippen LogP contribution >= 0.6 is 11.8 Å². The number of carbonyl (C=O) groups is 2. The average molecular weight is 356 g/mol. The van der Waals surface area contributed by atoms with Crippen LogP contribution in [-0.2, 0) is 9.59 Å². The summed E-state index contributed by atoms with van der Waals surface area (Å²) in [6.45, 7) is 2.52. The van der Waals surface area contributed by atoms with Crippen LogP contribution in [0.15, 0.2) is 6.20 Å². The van der Waals surface area contributed by atoms with Gasteiger partial charge in [0.05, 0.1) is 24.4 Å². The summed E-state index contributed by atoms with van der Waals surface area (Å²) in [5, 5.41) is 20.3. The van der Waals surface area contributed by atoms with Crippen LogP contribution < -0.4 is 11.1 Å². The lowest BCUT2D eigenvalue weighted by Crippen LogP contribution is -2.49. The van der Waals surface area contributed by atoms with Crippen molar-refractivity contribution in [2.75, 3.05) is 38.2 Å². The van der Waals surface area contributed by atoms with Crippen molar-refractivity contribution in [3.63, 3.8) is 0 Å². The Balaban J connectivity index is 2.13. The predicted octanol–water partition coefficient (Wildman–Crippen LogP) is -0.521. The average Bonchev–Trinajstić information content (AvgIpc) is 3.07. The quantitative estimate of drug-likeness (QED) is 0.568. The van der Waals surface area contributed by atoms with E-state index in [0.717, 1.165) is 12.2 Å². The highest BCUT2D eigenvalue weighted by Crippen LogP contribution is 2.19. The molecule has 0 aliphatic carbocycles. The van der Waals surface area contributed by atoms with Crippen molar-refractivity contribution < 1.29 is 14.7 Å². The molecule has 0 saturated carbocycles. The van der Waals surface area contributed by atoms with Crippen LogP contribution in [0.2, 0.25) is 0 Å². The second-order valence-corrected chi connectivity index (χ2v) is 6.69. The van der Waals surface area contributed by atoms with Crippen molar-refractivity contribution in [1.29, 1.82) is 0 Å². The number of hydrogen-bond acceptors (Lipinski definition) is 7. The van der Waals surface area contributed by atoms with E-state index in [1.54, 1.807) is 22.9 Å². The number of nitrogens with zero attached hydrogens (tertiary/aromatic N) is 4. The Bertz CT molecular complexity index is 560. The molecule has 10 heteroatoms. The standard InChI is InChI=1S/C14H24N6O3S/c1-24-7-2-10(15)11-9-20(18-17-11)12(8-13(21)22)14(23)19-5-3-16-4-6-19/h9-10,12,16H,2-8,15H2,1H3,(H,21,22)/t10-,12-/m0/s1. The minimum Gasteiger partial charge on any atom is -0.481 e. The lowest BCUT2D eigenvalue weighted by Gasteiger charge is -2.30. The highest BCUT2D eigenvalue weighted by molar-refractivity contribution is 7.98. The van der Waals surface area contributed by atoms with Gasteiger partial charge in [-0.05, 0) is 18.4 Å². The summed E-state index contributed by atoms with van der Waals surface area (Å²) in [4.78, 5) is 25.5. The number of aromatic nitrogens is 3. The molecule has 2 heterocycles. The number of carboxylic acid groups (broad SMARTS) is 1. The van der Waals surface area contributed by atoms with E-state index in [9.17, 15) is 9.59 Å². The molecule has 134 valence electrons. The fourth-order valence-corrected chi connectivity index (χ4v) is 3.05. The molecule has 1 aromatic rings. The topological polar surface area (TPSA) is 126 Å². The van der Waals surface area contributed by atoms with E-state index in [0.29, 0.717) is 31.9 Å².